The second-order valence-electron chi connectivity index (χ2n) is 7.90. The fourth-order valence-corrected chi connectivity index (χ4v) is 4.07. The molecule has 0 saturated carbocycles. The summed E-state index contributed by atoms with van der Waals surface area (Å²) in [6.07, 6.45) is 2.96. The summed E-state index contributed by atoms with van der Waals surface area (Å²) in [5, 5.41) is 6.92. The Morgan fingerprint density at radius 3 is 2.48 bits per heavy atom. The van der Waals surface area contributed by atoms with Crippen LogP contribution in [0.15, 0.2) is 54.6 Å². The van der Waals surface area contributed by atoms with Crippen molar-refractivity contribution >= 4 is 51.8 Å². The summed E-state index contributed by atoms with van der Waals surface area (Å²) in [4.78, 5) is 22.2. The van der Waals surface area contributed by atoms with Crippen LogP contribution in [0.4, 0.5) is 16.2 Å². The normalized spacial score (nSPS) is 11.0. The summed E-state index contributed by atoms with van der Waals surface area (Å²) in [6.45, 7) is 4.66. The molecule has 0 aliphatic heterocycles. The number of nitrogens with one attached hydrogen (secondary N) is 2. The van der Waals surface area contributed by atoms with Gasteiger partial charge in [0.15, 0.2) is 5.65 Å². The highest BCUT2D eigenvalue weighted by molar-refractivity contribution is 6.31. The summed E-state index contributed by atoms with van der Waals surface area (Å²) >= 11 is 12.2. The monoisotopic (exact) mass is 481 g/mol. The maximum atomic E-state index is 12.5. The minimum atomic E-state index is -0.369. The van der Waals surface area contributed by atoms with Crippen LogP contribution in [0.25, 0.3) is 11.2 Å². The van der Waals surface area contributed by atoms with Crippen LogP contribution >= 0.6 is 23.2 Å². The first-order chi connectivity index (χ1) is 15.9. The Bertz CT molecular complexity index is 1300. The summed E-state index contributed by atoms with van der Waals surface area (Å²) in [6, 6.07) is 16.3. The van der Waals surface area contributed by atoms with Crippen LogP contribution in [0.1, 0.15) is 36.8 Å². The Morgan fingerprint density at radius 2 is 1.76 bits per heavy atom. The number of fused-ring (bicyclic) bond motifs is 1. The van der Waals surface area contributed by atoms with Crippen LogP contribution in [0.3, 0.4) is 0 Å². The van der Waals surface area contributed by atoms with Gasteiger partial charge in [-0.3, -0.25) is 0 Å². The topological polar surface area (TPSA) is 71.8 Å². The number of rotatable bonds is 7. The molecule has 0 radical (unpaired) electrons. The van der Waals surface area contributed by atoms with Crippen molar-refractivity contribution in [1.29, 1.82) is 0 Å². The molecule has 0 saturated heterocycles. The largest absolute Gasteiger partial charge is 0.323 e. The van der Waals surface area contributed by atoms with Crippen LogP contribution in [-0.4, -0.2) is 20.6 Å². The Labute approximate surface area is 203 Å². The number of benzene rings is 2. The zero-order valence-electron chi connectivity index (χ0n) is 18.5. The van der Waals surface area contributed by atoms with Crippen molar-refractivity contribution in [1.82, 2.24) is 14.5 Å². The molecular weight excluding hydrogens is 457 g/mol. The zero-order chi connectivity index (χ0) is 23.4. The number of anilines is 2. The molecule has 170 valence electrons. The second-order valence-corrected chi connectivity index (χ2v) is 8.77. The van der Waals surface area contributed by atoms with Crippen LogP contribution < -0.4 is 10.6 Å². The fraction of sp³-hybridized carbons (Fsp3) is 0.240. The Balaban J connectivity index is 1.63. The van der Waals surface area contributed by atoms with Crippen molar-refractivity contribution in [2.45, 2.75) is 39.7 Å². The van der Waals surface area contributed by atoms with Gasteiger partial charge in [0.2, 0.25) is 0 Å². The Morgan fingerprint density at radius 1 is 1.00 bits per heavy atom. The highest BCUT2D eigenvalue weighted by Gasteiger charge is 2.16. The number of pyridine rings is 1. The SMILES string of the molecule is CCCCc1nc2cc(NC(=O)Nc3cccc(Cl)c3)c(C)nc2n1Cc1cccc(Cl)c1. The van der Waals surface area contributed by atoms with Gasteiger partial charge in [-0.25, -0.2) is 14.8 Å². The molecule has 4 aromatic rings. The van der Waals surface area contributed by atoms with Crippen molar-refractivity contribution < 1.29 is 4.79 Å². The fourth-order valence-electron chi connectivity index (χ4n) is 3.67. The number of unbranched alkanes of at least 4 members (excludes halogenated alkanes) is 1. The summed E-state index contributed by atoms with van der Waals surface area (Å²) < 4.78 is 2.14. The average molecular weight is 482 g/mol. The lowest BCUT2D eigenvalue weighted by molar-refractivity contribution is 0.262. The highest BCUT2D eigenvalue weighted by atomic mass is 35.5. The van der Waals surface area contributed by atoms with Gasteiger partial charge in [-0.15, -0.1) is 0 Å². The van der Waals surface area contributed by atoms with Gasteiger partial charge in [0.1, 0.15) is 11.3 Å². The third-order valence-electron chi connectivity index (χ3n) is 5.30. The number of halogens is 2. The van der Waals surface area contributed by atoms with Gasteiger partial charge >= 0.3 is 6.03 Å². The van der Waals surface area contributed by atoms with E-state index in [-0.39, 0.29) is 6.03 Å². The van der Waals surface area contributed by atoms with Crippen molar-refractivity contribution in [2.24, 2.45) is 0 Å². The molecule has 2 aromatic heterocycles. The molecule has 8 heteroatoms. The third-order valence-corrected chi connectivity index (χ3v) is 5.77. The van der Waals surface area contributed by atoms with Crippen LogP contribution in [-0.2, 0) is 13.0 Å². The van der Waals surface area contributed by atoms with E-state index in [2.05, 4.69) is 22.1 Å². The first-order valence-electron chi connectivity index (χ1n) is 10.9. The molecule has 6 nitrogen and oxygen atoms in total. The van der Waals surface area contributed by atoms with E-state index in [4.69, 9.17) is 33.2 Å². The number of aromatic nitrogens is 3. The van der Waals surface area contributed by atoms with E-state index in [1.807, 2.05) is 37.3 Å². The number of nitrogens with zero attached hydrogens (tertiary/aromatic N) is 3. The molecule has 4 rings (SSSR count). The number of aryl methyl sites for hydroxylation is 2. The van der Waals surface area contributed by atoms with E-state index < -0.39 is 0 Å². The molecule has 0 bridgehead atoms. The number of carbonyl (C=O) groups excluding carboxylic acids is 1. The predicted octanol–water partition coefficient (Wildman–Crippen LogP) is 7.08. The number of carbonyl (C=O) groups is 1. The predicted molar refractivity (Wildman–Crippen MR) is 136 cm³/mol. The molecule has 0 atom stereocenters. The number of urea groups is 1. The van der Waals surface area contributed by atoms with E-state index in [1.165, 1.54) is 0 Å². The lowest BCUT2D eigenvalue weighted by Crippen LogP contribution is -2.20. The number of hydrogen-bond acceptors (Lipinski definition) is 3. The molecule has 2 aromatic carbocycles. The zero-order valence-corrected chi connectivity index (χ0v) is 20.0. The summed E-state index contributed by atoms with van der Waals surface area (Å²) in [7, 11) is 0. The molecule has 0 aliphatic rings. The first kappa shape index (κ1) is 23.1. The van der Waals surface area contributed by atoms with Gasteiger partial charge in [0, 0.05) is 22.2 Å². The second kappa shape index (κ2) is 10.2. The minimum absolute atomic E-state index is 0.369. The first-order valence-corrected chi connectivity index (χ1v) is 11.6. The lowest BCUT2D eigenvalue weighted by Gasteiger charge is -2.12. The molecule has 0 unspecified atom stereocenters. The number of imidazole rings is 1. The molecule has 2 amide bonds. The molecule has 33 heavy (non-hydrogen) atoms. The summed E-state index contributed by atoms with van der Waals surface area (Å²) in [5.41, 5.74) is 4.54. The van der Waals surface area contributed by atoms with Gasteiger partial charge in [-0.05, 0) is 55.3 Å². The standard InChI is InChI=1S/C25H25Cl2N5O/c1-3-4-11-23-30-22-14-21(31-25(33)29-20-10-6-9-19(27)13-20)16(2)28-24(22)32(23)15-17-7-5-8-18(26)12-17/h5-10,12-14H,3-4,11,15H2,1-2H3,(H2,29,31,33). The van der Waals surface area contributed by atoms with E-state index in [1.54, 1.807) is 24.3 Å². The van der Waals surface area contributed by atoms with Gasteiger partial charge in [0.25, 0.3) is 0 Å². The molecule has 2 heterocycles. The molecule has 2 N–H and O–H groups in total. The molecule has 0 aliphatic carbocycles. The van der Waals surface area contributed by atoms with E-state index in [0.717, 1.165) is 41.8 Å². The smallest absolute Gasteiger partial charge is 0.308 e. The maximum absolute atomic E-state index is 12.5. The van der Waals surface area contributed by atoms with E-state index in [0.29, 0.717) is 33.7 Å². The van der Waals surface area contributed by atoms with Crippen LogP contribution in [0.2, 0.25) is 10.0 Å². The van der Waals surface area contributed by atoms with Gasteiger partial charge in [-0.2, -0.15) is 0 Å². The van der Waals surface area contributed by atoms with Gasteiger partial charge < -0.3 is 15.2 Å². The number of amides is 2. The molecular formula is C25H25Cl2N5O. The highest BCUT2D eigenvalue weighted by Crippen LogP contribution is 2.24. The Kier molecular flexibility index (Phi) is 7.16. The van der Waals surface area contributed by atoms with Crippen molar-refractivity contribution in [3.63, 3.8) is 0 Å². The van der Waals surface area contributed by atoms with Crippen LogP contribution in [0.5, 0.6) is 0 Å². The quantitative estimate of drug-likeness (QED) is 0.296. The van der Waals surface area contributed by atoms with Gasteiger partial charge in [0.05, 0.1) is 17.9 Å². The van der Waals surface area contributed by atoms with Crippen molar-refractivity contribution in [2.75, 3.05) is 10.6 Å². The van der Waals surface area contributed by atoms with Gasteiger partial charge in [-0.1, -0.05) is 54.7 Å². The maximum Gasteiger partial charge on any atom is 0.323 e. The Hall–Kier alpha value is -3.09. The third kappa shape index (κ3) is 5.64. The average Bonchev–Trinajstić information content (AvgIpc) is 3.08. The lowest BCUT2D eigenvalue weighted by atomic mass is 10.2. The van der Waals surface area contributed by atoms with Crippen molar-refractivity contribution in [3.8, 4) is 0 Å². The molecule has 0 spiro atoms. The van der Waals surface area contributed by atoms with E-state index in [9.17, 15) is 4.79 Å². The molecule has 0 fully saturated rings. The minimum Gasteiger partial charge on any atom is -0.308 e. The summed E-state index contributed by atoms with van der Waals surface area (Å²) in [5.74, 6) is 0.972. The number of hydrogen-bond donors (Lipinski definition) is 2. The van der Waals surface area contributed by atoms with Crippen molar-refractivity contribution in [3.05, 3.63) is 81.7 Å². The van der Waals surface area contributed by atoms with E-state index >= 15 is 0 Å². The van der Waals surface area contributed by atoms with Crippen LogP contribution in [0, 0.1) is 6.92 Å².